The summed E-state index contributed by atoms with van der Waals surface area (Å²) in [7, 11) is 0. The first-order valence-corrected chi connectivity index (χ1v) is 7.14. The van der Waals surface area contributed by atoms with Crippen LogP contribution >= 0.6 is 15.9 Å². The van der Waals surface area contributed by atoms with Gasteiger partial charge in [-0.05, 0) is 42.5 Å². The fourth-order valence-corrected chi connectivity index (χ4v) is 2.44. The number of carbonyl (C=O) groups is 1. The number of nitrogens with zero attached hydrogens (tertiary/aromatic N) is 1. The lowest BCUT2D eigenvalue weighted by molar-refractivity contribution is 0.102. The van der Waals surface area contributed by atoms with E-state index in [-0.39, 0.29) is 5.91 Å². The Morgan fingerprint density at radius 3 is 2.81 bits per heavy atom. The van der Waals surface area contributed by atoms with Crippen LogP contribution in [-0.4, -0.2) is 10.9 Å². The smallest absolute Gasteiger partial charge is 0.255 e. The molecule has 3 aromatic rings. The van der Waals surface area contributed by atoms with E-state index in [9.17, 15) is 4.79 Å². The van der Waals surface area contributed by atoms with Crippen molar-refractivity contribution in [1.82, 2.24) is 4.98 Å². The Hall–Kier alpha value is -2.40. The van der Waals surface area contributed by atoms with E-state index < -0.39 is 0 Å². The number of nitrogen functional groups attached to an aromatic ring is 1. The zero-order valence-corrected chi connectivity index (χ0v) is 12.6. The molecule has 0 atom stereocenters. The maximum Gasteiger partial charge on any atom is 0.255 e. The highest BCUT2D eigenvalue weighted by atomic mass is 79.9. The Morgan fingerprint density at radius 1 is 1.14 bits per heavy atom. The topological polar surface area (TPSA) is 68.0 Å². The molecule has 0 saturated carbocycles. The maximum atomic E-state index is 12.3. The lowest BCUT2D eigenvalue weighted by atomic mass is 10.1. The zero-order chi connectivity index (χ0) is 14.8. The summed E-state index contributed by atoms with van der Waals surface area (Å²) < 4.78 is 0.870. The predicted octanol–water partition coefficient (Wildman–Crippen LogP) is 3.83. The van der Waals surface area contributed by atoms with Crippen molar-refractivity contribution in [2.45, 2.75) is 0 Å². The Labute approximate surface area is 130 Å². The number of nitrogens with one attached hydrogen (secondary N) is 1. The van der Waals surface area contributed by atoms with Gasteiger partial charge < -0.3 is 11.1 Å². The molecule has 3 N–H and O–H groups in total. The van der Waals surface area contributed by atoms with Gasteiger partial charge in [-0.15, -0.1) is 0 Å². The molecule has 1 heterocycles. The zero-order valence-electron chi connectivity index (χ0n) is 11.0. The average Bonchev–Trinajstić information content (AvgIpc) is 2.49. The van der Waals surface area contributed by atoms with E-state index in [1.807, 2.05) is 30.3 Å². The minimum atomic E-state index is -0.199. The number of hydrogen-bond donors (Lipinski definition) is 2. The van der Waals surface area contributed by atoms with Gasteiger partial charge in [0.2, 0.25) is 0 Å². The number of pyridine rings is 1. The van der Waals surface area contributed by atoms with Gasteiger partial charge in [0, 0.05) is 21.6 Å². The third-order valence-corrected chi connectivity index (χ3v) is 3.62. The van der Waals surface area contributed by atoms with Crippen molar-refractivity contribution in [2.75, 3.05) is 11.1 Å². The van der Waals surface area contributed by atoms with E-state index in [0.717, 1.165) is 15.4 Å². The van der Waals surface area contributed by atoms with E-state index in [0.29, 0.717) is 16.9 Å². The maximum absolute atomic E-state index is 12.3. The van der Waals surface area contributed by atoms with E-state index in [2.05, 4.69) is 26.2 Å². The lowest BCUT2D eigenvalue weighted by Gasteiger charge is -2.09. The average molecular weight is 342 g/mol. The molecule has 0 fully saturated rings. The molecule has 4 nitrogen and oxygen atoms in total. The largest absolute Gasteiger partial charge is 0.397 e. The molecular formula is C16H12BrN3O. The van der Waals surface area contributed by atoms with Gasteiger partial charge in [0.25, 0.3) is 5.91 Å². The van der Waals surface area contributed by atoms with Crippen molar-refractivity contribution in [3.05, 3.63) is 64.8 Å². The number of hydrogen-bond acceptors (Lipinski definition) is 3. The number of amides is 1. The van der Waals surface area contributed by atoms with Crippen LogP contribution in [0.25, 0.3) is 10.9 Å². The molecule has 104 valence electrons. The summed E-state index contributed by atoms with van der Waals surface area (Å²) >= 11 is 3.33. The van der Waals surface area contributed by atoms with E-state index in [4.69, 9.17) is 5.73 Å². The number of halogens is 1. The number of anilines is 2. The molecule has 0 aliphatic rings. The van der Waals surface area contributed by atoms with E-state index >= 15 is 0 Å². The van der Waals surface area contributed by atoms with Gasteiger partial charge in [0.1, 0.15) is 0 Å². The molecule has 0 bridgehead atoms. The van der Waals surface area contributed by atoms with E-state index in [1.54, 1.807) is 24.4 Å². The van der Waals surface area contributed by atoms with Gasteiger partial charge >= 0.3 is 0 Å². The Balaban J connectivity index is 1.89. The van der Waals surface area contributed by atoms with Crippen molar-refractivity contribution in [3.8, 4) is 0 Å². The van der Waals surface area contributed by atoms with Gasteiger partial charge in [-0.25, -0.2) is 0 Å². The van der Waals surface area contributed by atoms with Crippen molar-refractivity contribution in [3.63, 3.8) is 0 Å². The monoisotopic (exact) mass is 341 g/mol. The first-order chi connectivity index (χ1) is 10.1. The van der Waals surface area contributed by atoms with Crippen LogP contribution in [-0.2, 0) is 0 Å². The normalized spacial score (nSPS) is 10.5. The van der Waals surface area contributed by atoms with Crippen molar-refractivity contribution < 1.29 is 4.79 Å². The third-order valence-electron chi connectivity index (χ3n) is 3.13. The van der Waals surface area contributed by atoms with Gasteiger partial charge in [-0.1, -0.05) is 22.0 Å². The second-order valence-electron chi connectivity index (χ2n) is 4.60. The molecule has 0 aliphatic heterocycles. The molecule has 2 aromatic carbocycles. The molecule has 0 unspecified atom stereocenters. The molecular weight excluding hydrogens is 330 g/mol. The molecule has 0 radical (unpaired) electrons. The molecule has 0 saturated heterocycles. The second kappa shape index (κ2) is 5.54. The first-order valence-electron chi connectivity index (χ1n) is 6.34. The van der Waals surface area contributed by atoms with Crippen molar-refractivity contribution in [2.24, 2.45) is 0 Å². The van der Waals surface area contributed by atoms with Gasteiger partial charge in [0.05, 0.1) is 16.9 Å². The van der Waals surface area contributed by atoms with Crippen molar-refractivity contribution >= 4 is 44.1 Å². The minimum absolute atomic E-state index is 0.199. The summed E-state index contributed by atoms with van der Waals surface area (Å²) in [5.74, 6) is -0.199. The molecule has 3 rings (SSSR count). The Kier molecular flexibility index (Phi) is 3.58. The van der Waals surface area contributed by atoms with Crippen LogP contribution in [0.3, 0.4) is 0 Å². The SMILES string of the molecule is Nc1cc(Br)ccc1NC(=O)c1ccc2ncccc2c1. The van der Waals surface area contributed by atoms with E-state index in [1.165, 1.54) is 0 Å². The Morgan fingerprint density at radius 2 is 2.00 bits per heavy atom. The molecule has 21 heavy (non-hydrogen) atoms. The quantitative estimate of drug-likeness (QED) is 0.696. The van der Waals surface area contributed by atoms with Crippen LogP contribution in [0, 0.1) is 0 Å². The third kappa shape index (κ3) is 2.87. The number of carbonyl (C=O) groups excluding carboxylic acids is 1. The van der Waals surface area contributed by atoms with Crippen LogP contribution in [0.1, 0.15) is 10.4 Å². The molecule has 0 spiro atoms. The number of fused-ring (bicyclic) bond motifs is 1. The fraction of sp³-hybridized carbons (Fsp3) is 0. The van der Waals surface area contributed by atoms with Gasteiger partial charge in [-0.3, -0.25) is 9.78 Å². The number of nitrogens with two attached hydrogens (primary N) is 1. The first kappa shape index (κ1) is 13.6. The second-order valence-corrected chi connectivity index (χ2v) is 5.51. The molecule has 5 heteroatoms. The highest BCUT2D eigenvalue weighted by Crippen LogP contribution is 2.24. The fourth-order valence-electron chi connectivity index (χ4n) is 2.06. The highest BCUT2D eigenvalue weighted by Gasteiger charge is 2.09. The summed E-state index contributed by atoms with van der Waals surface area (Å²) in [6, 6.07) is 14.5. The summed E-state index contributed by atoms with van der Waals surface area (Å²) in [6.07, 6.45) is 1.73. The summed E-state index contributed by atoms with van der Waals surface area (Å²) in [6.45, 7) is 0. The number of rotatable bonds is 2. The number of benzene rings is 2. The Bertz CT molecular complexity index is 833. The molecule has 1 aromatic heterocycles. The summed E-state index contributed by atoms with van der Waals surface area (Å²) in [5.41, 5.74) is 8.42. The van der Waals surface area contributed by atoms with Crippen LogP contribution in [0.4, 0.5) is 11.4 Å². The predicted molar refractivity (Wildman–Crippen MR) is 88.3 cm³/mol. The number of aromatic nitrogens is 1. The van der Waals surface area contributed by atoms with Crippen LogP contribution < -0.4 is 11.1 Å². The molecule has 0 aliphatic carbocycles. The minimum Gasteiger partial charge on any atom is -0.397 e. The van der Waals surface area contributed by atoms with Crippen LogP contribution in [0.15, 0.2) is 59.2 Å². The highest BCUT2D eigenvalue weighted by molar-refractivity contribution is 9.10. The summed E-state index contributed by atoms with van der Waals surface area (Å²) in [4.78, 5) is 16.5. The van der Waals surface area contributed by atoms with Crippen LogP contribution in [0.5, 0.6) is 0 Å². The lowest BCUT2D eigenvalue weighted by Crippen LogP contribution is -2.13. The molecule has 1 amide bonds. The van der Waals surface area contributed by atoms with Gasteiger partial charge in [-0.2, -0.15) is 0 Å². The standard InChI is InChI=1S/C16H12BrN3O/c17-12-4-6-15(13(18)9-12)20-16(21)11-3-5-14-10(8-11)2-1-7-19-14/h1-9H,18H2,(H,20,21). The van der Waals surface area contributed by atoms with Crippen molar-refractivity contribution in [1.29, 1.82) is 0 Å². The summed E-state index contributed by atoms with van der Waals surface area (Å²) in [5, 5.41) is 3.74. The van der Waals surface area contributed by atoms with Gasteiger partial charge in [0.15, 0.2) is 0 Å². The van der Waals surface area contributed by atoms with Crippen LogP contribution in [0.2, 0.25) is 0 Å².